The molecule has 2 N–H and O–H groups in total. The standard InChI is InChI=1S/C4H9BrClN.H3O3P/c1-4(2)3-7(5)6;1-4(2)3/h4H,3H2,1-2H3;4H,(H2,1,2,3). The van der Waals surface area contributed by atoms with Crippen molar-refractivity contribution in [3.8, 4) is 0 Å². The van der Waals surface area contributed by atoms with Gasteiger partial charge in [0.15, 0.2) is 0 Å². The summed E-state index contributed by atoms with van der Waals surface area (Å²) in [6, 6.07) is 0. The second-order valence-corrected chi connectivity index (χ2v) is 4.40. The molecule has 0 aliphatic carbocycles. The Kier molecular flexibility index (Phi) is 11.8. The Labute approximate surface area is 80.6 Å². The highest BCUT2D eigenvalue weighted by Crippen LogP contribution is 2.05. The van der Waals surface area contributed by atoms with Crippen molar-refractivity contribution in [1.82, 2.24) is 3.45 Å². The van der Waals surface area contributed by atoms with Crippen molar-refractivity contribution < 1.29 is 14.4 Å². The van der Waals surface area contributed by atoms with E-state index in [9.17, 15) is 0 Å². The predicted molar refractivity (Wildman–Crippen MR) is 49.8 cm³/mol. The molecule has 0 saturated heterocycles. The van der Waals surface area contributed by atoms with Gasteiger partial charge in [-0.3, -0.25) is 4.57 Å². The molecule has 4 nitrogen and oxygen atoms in total. The van der Waals surface area contributed by atoms with E-state index in [1.165, 1.54) is 3.45 Å². The van der Waals surface area contributed by atoms with Gasteiger partial charge in [-0.1, -0.05) is 13.8 Å². The molecular formula is C4H12BrClNO3P. The van der Waals surface area contributed by atoms with Crippen molar-refractivity contribution >= 4 is 36.2 Å². The Bertz CT molecular complexity index is 104. The summed E-state index contributed by atoms with van der Waals surface area (Å²) in [5.41, 5.74) is 0. The van der Waals surface area contributed by atoms with E-state index in [4.69, 9.17) is 26.1 Å². The summed E-state index contributed by atoms with van der Waals surface area (Å²) < 4.78 is 10.2. The van der Waals surface area contributed by atoms with Gasteiger partial charge in [0, 0.05) is 22.7 Å². The van der Waals surface area contributed by atoms with E-state index < -0.39 is 8.25 Å². The van der Waals surface area contributed by atoms with Crippen LogP contribution in [-0.4, -0.2) is 19.8 Å². The molecule has 0 saturated carbocycles. The largest absolute Gasteiger partial charge is 0.326 e. The molecule has 0 aromatic heterocycles. The molecule has 0 aliphatic rings. The minimum atomic E-state index is -3.13. The summed E-state index contributed by atoms with van der Waals surface area (Å²) in [4.78, 5) is 14.3. The van der Waals surface area contributed by atoms with E-state index in [2.05, 4.69) is 30.0 Å². The molecular weight excluding hydrogens is 256 g/mol. The van der Waals surface area contributed by atoms with Crippen LogP contribution in [0.15, 0.2) is 0 Å². The number of rotatable bonds is 2. The molecule has 11 heavy (non-hydrogen) atoms. The van der Waals surface area contributed by atoms with Gasteiger partial charge in [0.2, 0.25) is 0 Å². The first-order chi connectivity index (χ1) is 4.86. The lowest BCUT2D eigenvalue weighted by atomic mass is 10.2. The Morgan fingerprint density at radius 1 is 1.64 bits per heavy atom. The lowest BCUT2D eigenvalue weighted by Gasteiger charge is -2.05. The molecule has 0 fully saturated rings. The maximum Gasteiger partial charge on any atom is 0.314 e. The third kappa shape index (κ3) is 36.0. The monoisotopic (exact) mass is 267 g/mol. The quantitative estimate of drug-likeness (QED) is 0.592. The molecule has 0 amide bonds. The van der Waals surface area contributed by atoms with E-state index in [1.807, 2.05) is 0 Å². The molecule has 0 spiro atoms. The summed E-state index contributed by atoms with van der Waals surface area (Å²) in [6.45, 7) is 5.09. The zero-order valence-electron chi connectivity index (χ0n) is 6.29. The lowest BCUT2D eigenvalue weighted by Crippen LogP contribution is -2.05. The van der Waals surface area contributed by atoms with Gasteiger partial charge in [0.05, 0.1) is 0 Å². The van der Waals surface area contributed by atoms with E-state index in [-0.39, 0.29) is 0 Å². The van der Waals surface area contributed by atoms with Crippen LogP contribution >= 0.6 is 36.2 Å². The molecule has 0 unspecified atom stereocenters. The van der Waals surface area contributed by atoms with E-state index >= 15 is 0 Å². The average Bonchev–Trinajstić information content (AvgIpc) is 1.56. The zero-order chi connectivity index (χ0) is 9.44. The van der Waals surface area contributed by atoms with Crippen LogP contribution in [0.5, 0.6) is 0 Å². The van der Waals surface area contributed by atoms with Gasteiger partial charge in [-0.2, -0.15) is 3.45 Å². The third-order valence-corrected chi connectivity index (χ3v) is 0.931. The van der Waals surface area contributed by atoms with Gasteiger partial charge in [-0.05, 0) is 17.7 Å². The zero-order valence-corrected chi connectivity index (χ0v) is 9.63. The lowest BCUT2D eigenvalue weighted by molar-refractivity contribution is 0.405. The van der Waals surface area contributed by atoms with Crippen LogP contribution < -0.4 is 0 Å². The Morgan fingerprint density at radius 2 is 1.91 bits per heavy atom. The Balaban J connectivity index is 0. The maximum atomic E-state index is 8.74. The average molecular weight is 268 g/mol. The van der Waals surface area contributed by atoms with Crippen molar-refractivity contribution in [1.29, 1.82) is 0 Å². The number of halogens is 2. The minimum Gasteiger partial charge on any atom is -0.326 e. The van der Waals surface area contributed by atoms with Gasteiger partial charge in [-0.25, -0.2) is 0 Å². The molecule has 0 bridgehead atoms. The first-order valence-electron chi connectivity index (χ1n) is 2.87. The smallest absolute Gasteiger partial charge is 0.314 e. The van der Waals surface area contributed by atoms with Crippen LogP contribution in [0.25, 0.3) is 0 Å². The van der Waals surface area contributed by atoms with Gasteiger partial charge in [0.1, 0.15) is 0 Å². The van der Waals surface area contributed by atoms with Crippen LogP contribution in [0.2, 0.25) is 0 Å². The van der Waals surface area contributed by atoms with Crippen molar-refractivity contribution in [2.45, 2.75) is 13.8 Å². The first kappa shape index (κ1) is 14.4. The van der Waals surface area contributed by atoms with Crippen molar-refractivity contribution in [3.63, 3.8) is 0 Å². The number of hydrogen-bond acceptors (Lipinski definition) is 2. The maximum absolute atomic E-state index is 8.74. The topological polar surface area (TPSA) is 60.8 Å². The second kappa shape index (κ2) is 8.97. The highest BCUT2D eigenvalue weighted by molar-refractivity contribution is 9.08. The van der Waals surface area contributed by atoms with Crippen LogP contribution in [0.1, 0.15) is 13.8 Å². The molecule has 0 heterocycles. The summed E-state index contributed by atoms with van der Waals surface area (Å²) in [7, 11) is -3.13. The molecule has 0 aromatic rings. The van der Waals surface area contributed by atoms with Gasteiger partial charge in [-0.15, -0.1) is 0 Å². The fourth-order valence-electron chi connectivity index (χ4n) is 0.276. The Morgan fingerprint density at radius 3 is 1.91 bits per heavy atom. The highest BCUT2D eigenvalue weighted by atomic mass is 79.9. The van der Waals surface area contributed by atoms with Gasteiger partial charge < -0.3 is 9.79 Å². The summed E-state index contributed by atoms with van der Waals surface area (Å²) >= 11 is 8.50. The van der Waals surface area contributed by atoms with E-state index in [1.54, 1.807) is 0 Å². The fraction of sp³-hybridized carbons (Fsp3) is 1.00. The highest BCUT2D eigenvalue weighted by Gasteiger charge is 1.96. The van der Waals surface area contributed by atoms with E-state index in [0.29, 0.717) is 5.92 Å². The first-order valence-corrected chi connectivity index (χ1v) is 5.22. The molecule has 7 heteroatoms. The third-order valence-electron chi connectivity index (χ3n) is 0.503. The summed E-state index contributed by atoms with van der Waals surface area (Å²) in [5.74, 6) is 0.622. The minimum absolute atomic E-state index is 0.622. The predicted octanol–water partition coefficient (Wildman–Crippen LogP) is 1.77. The molecule has 0 radical (unpaired) electrons. The fourth-order valence-corrected chi connectivity index (χ4v) is 1.13. The van der Waals surface area contributed by atoms with Crippen LogP contribution in [0.3, 0.4) is 0 Å². The Hall–Kier alpha value is 0.880. The normalized spacial score (nSPS) is 10.3. The second-order valence-electron chi connectivity index (χ2n) is 2.16. The summed E-state index contributed by atoms with van der Waals surface area (Å²) in [6.07, 6.45) is 0. The SMILES string of the molecule is CC(C)CN(Cl)Br.O=[PH](O)O. The summed E-state index contributed by atoms with van der Waals surface area (Å²) in [5, 5.41) is 0. The van der Waals surface area contributed by atoms with Crippen LogP contribution in [0.4, 0.5) is 0 Å². The number of hydrogen-bond donors (Lipinski definition) is 2. The molecule has 0 aliphatic heterocycles. The molecule has 0 aromatic carbocycles. The van der Waals surface area contributed by atoms with Crippen LogP contribution in [0, 0.1) is 5.92 Å². The van der Waals surface area contributed by atoms with Crippen LogP contribution in [-0.2, 0) is 4.57 Å². The van der Waals surface area contributed by atoms with Gasteiger partial charge in [0.25, 0.3) is 0 Å². The van der Waals surface area contributed by atoms with Crippen molar-refractivity contribution in [2.24, 2.45) is 5.92 Å². The molecule has 70 valence electrons. The van der Waals surface area contributed by atoms with Crippen molar-refractivity contribution in [2.75, 3.05) is 6.54 Å². The van der Waals surface area contributed by atoms with Crippen molar-refractivity contribution in [3.05, 3.63) is 0 Å². The molecule has 0 atom stereocenters. The number of nitrogens with zero attached hydrogens (tertiary/aromatic N) is 1. The molecule has 0 rings (SSSR count). The van der Waals surface area contributed by atoms with E-state index in [0.717, 1.165) is 6.54 Å². The van der Waals surface area contributed by atoms with Gasteiger partial charge >= 0.3 is 8.25 Å².